The van der Waals surface area contributed by atoms with Gasteiger partial charge in [-0.2, -0.15) is 0 Å². The van der Waals surface area contributed by atoms with Gasteiger partial charge in [0.2, 0.25) is 5.79 Å². The molecule has 7 atom stereocenters. The Morgan fingerprint density at radius 1 is 1.11 bits per heavy atom. The van der Waals surface area contributed by atoms with Crippen molar-refractivity contribution in [1.29, 1.82) is 0 Å². The van der Waals surface area contributed by atoms with E-state index in [-0.39, 0.29) is 6.29 Å². The Bertz CT molecular complexity index is 334. The molecule has 4 heteroatoms. The lowest BCUT2D eigenvalue weighted by Gasteiger charge is -2.49. The van der Waals surface area contributed by atoms with Gasteiger partial charge in [-0.25, -0.2) is 10.1 Å². The quantitative estimate of drug-likeness (QED) is 0.587. The van der Waals surface area contributed by atoms with E-state index in [1.807, 2.05) is 6.92 Å². The normalized spacial score (nSPS) is 54.3. The molecule has 0 radical (unpaired) electrons. The van der Waals surface area contributed by atoms with E-state index in [4.69, 9.17) is 14.7 Å². The minimum absolute atomic E-state index is 0.214. The summed E-state index contributed by atoms with van der Waals surface area (Å²) in [4.78, 5) is 4.62. The highest BCUT2D eigenvalue weighted by Crippen LogP contribution is 2.52. The summed E-state index contributed by atoms with van der Waals surface area (Å²) in [6.45, 7) is 7.21. The maximum absolute atomic E-state index is 9.14. The van der Waals surface area contributed by atoms with Crippen LogP contribution in [0.5, 0.6) is 0 Å². The molecule has 19 heavy (non-hydrogen) atoms. The van der Waals surface area contributed by atoms with E-state index in [0.29, 0.717) is 29.6 Å². The third-order valence-electron chi connectivity index (χ3n) is 5.73. The van der Waals surface area contributed by atoms with E-state index < -0.39 is 5.79 Å². The highest BCUT2D eigenvalue weighted by atomic mass is 17.1. The van der Waals surface area contributed by atoms with Crippen LogP contribution in [0, 0.1) is 29.6 Å². The van der Waals surface area contributed by atoms with Gasteiger partial charge in [0.15, 0.2) is 6.29 Å². The van der Waals surface area contributed by atoms with E-state index in [1.54, 1.807) is 0 Å². The fourth-order valence-electron chi connectivity index (χ4n) is 4.50. The maximum atomic E-state index is 9.14. The van der Waals surface area contributed by atoms with E-state index in [1.165, 1.54) is 12.8 Å². The first-order chi connectivity index (χ1) is 9.04. The fourth-order valence-corrected chi connectivity index (χ4v) is 4.50. The third kappa shape index (κ3) is 2.33. The molecule has 0 aromatic heterocycles. The van der Waals surface area contributed by atoms with Gasteiger partial charge in [0.25, 0.3) is 0 Å². The van der Waals surface area contributed by atoms with Gasteiger partial charge in [0, 0.05) is 12.3 Å². The van der Waals surface area contributed by atoms with Crippen LogP contribution in [0.25, 0.3) is 0 Å². The molecule has 1 aliphatic carbocycles. The van der Waals surface area contributed by atoms with Crippen molar-refractivity contribution in [3.8, 4) is 0 Å². The van der Waals surface area contributed by atoms with Crippen LogP contribution in [-0.2, 0) is 14.4 Å². The zero-order valence-corrected chi connectivity index (χ0v) is 12.2. The molecule has 110 valence electrons. The number of ether oxygens (including phenoxy) is 2. The number of hydrogen-bond donors (Lipinski definition) is 1. The lowest BCUT2D eigenvalue weighted by atomic mass is 9.61. The smallest absolute Gasteiger partial charge is 0.201 e. The van der Waals surface area contributed by atoms with E-state index in [9.17, 15) is 0 Å². The van der Waals surface area contributed by atoms with E-state index in [2.05, 4.69) is 18.7 Å². The first kappa shape index (κ1) is 13.8. The van der Waals surface area contributed by atoms with E-state index >= 15 is 0 Å². The van der Waals surface area contributed by atoms with Crippen LogP contribution in [0.3, 0.4) is 0 Å². The Kier molecular flexibility index (Phi) is 3.63. The van der Waals surface area contributed by atoms with Crippen molar-refractivity contribution in [2.24, 2.45) is 29.6 Å². The van der Waals surface area contributed by atoms with Crippen molar-refractivity contribution in [1.82, 2.24) is 0 Å². The zero-order chi connectivity index (χ0) is 13.6. The number of hydrogen-bond acceptors (Lipinski definition) is 4. The van der Waals surface area contributed by atoms with Gasteiger partial charge in [-0.1, -0.05) is 20.3 Å². The predicted octanol–water partition coefficient (Wildman–Crippen LogP) is 3.27. The second-order valence-corrected chi connectivity index (χ2v) is 7.02. The van der Waals surface area contributed by atoms with Gasteiger partial charge in [-0.05, 0) is 43.4 Å². The Morgan fingerprint density at radius 2 is 1.84 bits per heavy atom. The van der Waals surface area contributed by atoms with Crippen LogP contribution in [0.15, 0.2) is 0 Å². The van der Waals surface area contributed by atoms with E-state index in [0.717, 1.165) is 19.4 Å². The summed E-state index contributed by atoms with van der Waals surface area (Å²) in [5.74, 6) is 2.20. The lowest BCUT2D eigenvalue weighted by Crippen LogP contribution is -2.50. The van der Waals surface area contributed by atoms with Crippen molar-refractivity contribution in [3.05, 3.63) is 0 Å². The minimum atomic E-state index is -0.910. The maximum Gasteiger partial charge on any atom is 0.201 e. The van der Waals surface area contributed by atoms with Gasteiger partial charge in [0.1, 0.15) is 0 Å². The molecule has 2 saturated heterocycles. The summed E-state index contributed by atoms with van der Waals surface area (Å²) in [7, 11) is 0. The Balaban J connectivity index is 1.89. The SMILES string of the molecule is C[C@@H]1CCC2C3C(OC[C@@H]2C)O[C@](C)(OO)CCC31. The Morgan fingerprint density at radius 3 is 2.58 bits per heavy atom. The molecule has 3 rings (SSSR count). The molecule has 3 aliphatic rings. The van der Waals surface area contributed by atoms with Crippen LogP contribution in [-0.4, -0.2) is 23.9 Å². The minimum Gasteiger partial charge on any atom is -0.352 e. The predicted molar refractivity (Wildman–Crippen MR) is 70.2 cm³/mol. The highest BCUT2D eigenvalue weighted by molar-refractivity contribution is 4.94. The Labute approximate surface area is 115 Å². The van der Waals surface area contributed by atoms with Crippen LogP contribution in [0.4, 0.5) is 0 Å². The van der Waals surface area contributed by atoms with Crippen molar-refractivity contribution in [3.63, 3.8) is 0 Å². The van der Waals surface area contributed by atoms with Crippen LogP contribution < -0.4 is 0 Å². The third-order valence-corrected chi connectivity index (χ3v) is 5.73. The molecule has 3 fully saturated rings. The molecular weight excluding hydrogens is 244 g/mol. The summed E-state index contributed by atoms with van der Waals surface area (Å²) in [6.07, 6.45) is 4.15. The molecule has 2 aliphatic heterocycles. The lowest BCUT2D eigenvalue weighted by molar-refractivity contribution is -0.431. The second kappa shape index (κ2) is 4.99. The second-order valence-electron chi connectivity index (χ2n) is 7.02. The first-order valence-electron chi connectivity index (χ1n) is 7.66. The number of rotatable bonds is 1. The molecule has 0 aromatic rings. The molecule has 2 heterocycles. The first-order valence-corrected chi connectivity index (χ1v) is 7.66. The van der Waals surface area contributed by atoms with Crippen molar-refractivity contribution in [2.75, 3.05) is 6.61 Å². The Hall–Kier alpha value is -0.160. The van der Waals surface area contributed by atoms with Gasteiger partial charge >= 0.3 is 0 Å². The van der Waals surface area contributed by atoms with Gasteiger partial charge in [-0.15, -0.1) is 0 Å². The summed E-state index contributed by atoms with van der Waals surface area (Å²) in [6, 6.07) is 0. The van der Waals surface area contributed by atoms with Crippen molar-refractivity contribution in [2.45, 2.75) is 58.5 Å². The summed E-state index contributed by atoms with van der Waals surface area (Å²) >= 11 is 0. The molecular formula is C15H26O4. The van der Waals surface area contributed by atoms with Gasteiger partial charge in [0.05, 0.1) is 6.61 Å². The van der Waals surface area contributed by atoms with Crippen LogP contribution in [0.2, 0.25) is 0 Å². The molecule has 0 amide bonds. The molecule has 0 bridgehead atoms. The fraction of sp³-hybridized carbons (Fsp3) is 1.00. The summed E-state index contributed by atoms with van der Waals surface area (Å²) in [5.41, 5.74) is 0. The molecule has 0 aromatic carbocycles. The monoisotopic (exact) mass is 270 g/mol. The summed E-state index contributed by atoms with van der Waals surface area (Å²) < 4.78 is 11.9. The van der Waals surface area contributed by atoms with Gasteiger partial charge in [-0.3, -0.25) is 0 Å². The molecule has 4 nitrogen and oxygen atoms in total. The average Bonchev–Trinajstić information content (AvgIpc) is 2.55. The largest absolute Gasteiger partial charge is 0.352 e. The average molecular weight is 270 g/mol. The standard InChI is InChI=1S/C15H26O4/c1-9-4-5-11-10(2)8-17-14-13(11)12(9)6-7-15(3,18-14)19-16/h9-14,16H,4-8H2,1-3H3/t9-,10+,11?,12?,13?,14?,15-/m1/s1. The van der Waals surface area contributed by atoms with Crippen molar-refractivity contribution >= 4 is 0 Å². The van der Waals surface area contributed by atoms with Crippen LogP contribution in [0.1, 0.15) is 46.5 Å². The van der Waals surface area contributed by atoms with Gasteiger partial charge < -0.3 is 9.47 Å². The topological polar surface area (TPSA) is 47.9 Å². The van der Waals surface area contributed by atoms with Crippen molar-refractivity contribution < 1.29 is 19.6 Å². The molecule has 0 spiro atoms. The molecule has 1 N–H and O–H groups in total. The molecule has 4 unspecified atom stereocenters. The summed E-state index contributed by atoms with van der Waals surface area (Å²) in [5, 5.41) is 9.14. The zero-order valence-electron chi connectivity index (χ0n) is 12.2. The highest BCUT2D eigenvalue weighted by Gasteiger charge is 2.52. The van der Waals surface area contributed by atoms with Crippen LogP contribution >= 0.6 is 0 Å². The molecule has 1 saturated carbocycles.